The molecule has 2 nitrogen and oxygen atoms in total. The normalized spacial score (nSPS) is 13.0. The zero-order valence-corrected chi connectivity index (χ0v) is 10.2. The average molecular weight is 209 g/mol. The van der Waals surface area contributed by atoms with Crippen molar-refractivity contribution in [3.05, 3.63) is 23.7 Å². The predicted octanol–water partition coefficient (Wildman–Crippen LogP) is 3.68. The first-order chi connectivity index (χ1) is 7.31. The molecule has 0 aliphatic carbocycles. The fourth-order valence-electron chi connectivity index (χ4n) is 1.80. The van der Waals surface area contributed by atoms with Crippen LogP contribution in [0.4, 0.5) is 0 Å². The summed E-state index contributed by atoms with van der Waals surface area (Å²) in [7, 11) is 2.00. The highest BCUT2D eigenvalue weighted by Crippen LogP contribution is 2.21. The van der Waals surface area contributed by atoms with Crippen molar-refractivity contribution in [3.8, 4) is 0 Å². The van der Waals surface area contributed by atoms with Gasteiger partial charge in [-0.15, -0.1) is 0 Å². The van der Waals surface area contributed by atoms with Crippen molar-refractivity contribution in [3.63, 3.8) is 0 Å². The van der Waals surface area contributed by atoms with Gasteiger partial charge in [0.05, 0.1) is 6.04 Å². The maximum atomic E-state index is 5.75. The summed E-state index contributed by atoms with van der Waals surface area (Å²) in [6.07, 6.45) is 5.99. The number of hydrogen-bond donors (Lipinski definition) is 1. The quantitative estimate of drug-likeness (QED) is 0.693. The minimum absolute atomic E-state index is 0.386. The van der Waals surface area contributed by atoms with Crippen molar-refractivity contribution < 1.29 is 4.42 Å². The Balaban J connectivity index is 2.49. The maximum Gasteiger partial charge on any atom is 0.121 e. The third kappa shape index (κ3) is 3.71. The summed E-state index contributed by atoms with van der Waals surface area (Å²) in [5, 5.41) is 3.32. The molecule has 2 heteroatoms. The molecule has 15 heavy (non-hydrogen) atoms. The monoisotopic (exact) mass is 209 g/mol. The lowest BCUT2D eigenvalue weighted by Crippen LogP contribution is -2.15. The predicted molar refractivity (Wildman–Crippen MR) is 64.0 cm³/mol. The maximum absolute atomic E-state index is 5.75. The van der Waals surface area contributed by atoms with E-state index in [0.29, 0.717) is 6.04 Å². The van der Waals surface area contributed by atoms with Gasteiger partial charge in [0.25, 0.3) is 0 Å². The first-order valence-corrected chi connectivity index (χ1v) is 6.07. The van der Waals surface area contributed by atoms with E-state index in [4.69, 9.17) is 4.42 Å². The van der Waals surface area contributed by atoms with Gasteiger partial charge >= 0.3 is 0 Å². The van der Waals surface area contributed by atoms with Crippen molar-refractivity contribution in [2.75, 3.05) is 7.05 Å². The standard InChI is InChI=1S/C13H23NO/c1-4-6-7-8-12(14-3)13-10-9-11(5-2)15-13/h9-10,12,14H,4-8H2,1-3H3. The van der Waals surface area contributed by atoms with E-state index in [1.165, 1.54) is 25.7 Å². The number of unbranched alkanes of at least 4 members (excludes halogenated alkanes) is 2. The average Bonchev–Trinajstić information content (AvgIpc) is 2.73. The molecule has 0 aliphatic heterocycles. The van der Waals surface area contributed by atoms with Crippen molar-refractivity contribution in [2.24, 2.45) is 0 Å². The first kappa shape index (κ1) is 12.3. The minimum Gasteiger partial charge on any atom is -0.464 e. The summed E-state index contributed by atoms with van der Waals surface area (Å²) in [5.41, 5.74) is 0. The molecule has 1 atom stereocenters. The van der Waals surface area contributed by atoms with E-state index in [1.54, 1.807) is 0 Å². The van der Waals surface area contributed by atoms with Gasteiger partial charge in [-0.2, -0.15) is 0 Å². The SMILES string of the molecule is CCCCCC(NC)c1ccc(CC)o1. The highest BCUT2D eigenvalue weighted by atomic mass is 16.3. The summed E-state index contributed by atoms with van der Waals surface area (Å²) in [6.45, 7) is 4.35. The Morgan fingerprint density at radius 3 is 2.60 bits per heavy atom. The summed E-state index contributed by atoms with van der Waals surface area (Å²) in [6, 6.07) is 4.57. The van der Waals surface area contributed by atoms with Crippen LogP contribution in [0.25, 0.3) is 0 Å². The molecule has 0 amide bonds. The van der Waals surface area contributed by atoms with Crippen LogP contribution in [-0.2, 0) is 6.42 Å². The lowest BCUT2D eigenvalue weighted by Gasteiger charge is -2.12. The van der Waals surface area contributed by atoms with Gasteiger partial charge in [0.15, 0.2) is 0 Å². The molecule has 1 unspecified atom stereocenters. The van der Waals surface area contributed by atoms with Crippen LogP contribution in [0.15, 0.2) is 16.5 Å². The third-order valence-corrected chi connectivity index (χ3v) is 2.82. The van der Waals surface area contributed by atoms with E-state index in [0.717, 1.165) is 17.9 Å². The van der Waals surface area contributed by atoms with E-state index in [1.807, 2.05) is 7.05 Å². The van der Waals surface area contributed by atoms with E-state index >= 15 is 0 Å². The van der Waals surface area contributed by atoms with Gasteiger partial charge in [0.1, 0.15) is 11.5 Å². The Morgan fingerprint density at radius 1 is 1.27 bits per heavy atom. The van der Waals surface area contributed by atoms with E-state index < -0.39 is 0 Å². The van der Waals surface area contributed by atoms with Crippen molar-refractivity contribution in [1.29, 1.82) is 0 Å². The van der Waals surface area contributed by atoms with Crippen LogP contribution in [0.5, 0.6) is 0 Å². The molecule has 0 aromatic carbocycles. The molecular formula is C13H23NO. The van der Waals surface area contributed by atoms with E-state index in [9.17, 15) is 0 Å². The Morgan fingerprint density at radius 2 is 2.07 bits per heavy atom. The van der Waals surface area contributed by atoms with Crippen molar-refractivity contribution >= 4 is 0 Å². The molecule has 0 radical (unpaired) electrons. The Bertz CT molecular complexity index is 267. The Hall–Kier alpha value is -0.760. The summed E-state index contributed by atoms with van der Waals surface area (Å²) in [4.78, 5) is 0. The van der Waals surface area contributed by atoms with Crippen LogP contribution in [0.2, 0.25) is 0 Å². The van der Waals surface area contributed by atoms with Crippen LogP contribution < -0.4 is 5.32 Å². The fraction of sp³-hybridized carbons (Fsp3) is 0.692. The molecule has 1 rings (SSSR count). The molecule has 86 valence electrons. The topological polar surface area (TPSA) is 25.2 Å². The van der Waals surface area contributed by atoms with Crippen LogP contribution in [0, 0.1) is 0 Å². The number of hydrogen-bond acceptors (Lipinski definition) is 2. The highest BCUT2D eigenvalue weighted by molar-refractivity contribution is 5.10. The van der Waals surface area contributed by atoms with Gasteiger partial charge in [-0.1, -0.05) is 33.1 Å². The van der Waals surface area contributed by atoms with Crippen molar-refractivity contribution in [2.45, 2.75) is 52.0 Å². The van der Waals surface area contributed by atoms with Gasteiger partial charge in [-0.3, -0.25) is 0 Å². The van der Waals surface area contributed by atoms with E-state index in [-0.39, 0.29) is 0 Å². The lowest BCUT2D eigenvalue weighted by molar-refractivity contribution is 0.387. The molecule has 1 aromatic rings. The second kappa shape index (κ2) is 6.67. The number of aryl methyl sites for hydroxylation is 1. The molecule has 1 aromatic heterocycles. The molecule has 0 bridgehead atoms. The number of furan rings is 1. The summed E-state index contributed by atoms with van der Waals surface area (Å²) >= 11 is 0. The van der Waals surface area contributed by atoms with Gasteiger partial charge in [-0.25, -0.2) is 0 Å². The number of nitrogens with one attached hydrogen (secondary N) is 1. The molecule has 0 saturated heterocycles. The second-order valence-corrected chi connectivity index (χ2v) is 3.99. The summed E-state index contributed by atoms with van der Waals surface area (Å²) < 4.78 is 5.75. The Kier molecular flexibility index (Phi) is 5.48. The first-order valence-electron chi connectivity index (χ1n) is 6.07. The van der Waals surface area contributed by atoms with Gasteiger partial charge < -0.3 is 9.73 Å². The smallest absolute Gasteiger partial charge is 0.121 e. The third-order valence-electron chi connectivity index (χ3n) is 2.82. The fourth-order valence-corrected chi connectivity index (χ4v) is 1.80. The molecule has 0 saturated carbocycles. The molecule has 0 aliphatic rings. The zero-order chi connectivity index (χ0) is 11.1. The van der Waals surface area contributed by atoms with Crippen LogP contribution in [0.3, 0.4) is 0 Å². The van der Waals surface area contributed by atoms with Gasteiger partial charge in [-0.05, 0) is 25.6 Å². The van der Waals surface area contributed by atoms with Crippen LogP contribution in [-0.4, -0.2) is 7.05 Å². The molecule has 0 fully saturated rings. The number of rotatable bonds is 7. The summed E-state index contributed by atoms with van der Waals surface area (Å²) in [5.74, 6) is 2.17. The highest BCUT2D eigenvalue weighted by Gasteiger charge is 2.12. The molecule has 0 spiro atoms. The van der Waals surface area contributed by atoms with Gasteiger partial charge in [0.2, 0.25) is 0 Å². The van der Waals surface area contributed by atoms with Gasteiger partial charge in [0, 0.05) is 6.42 Å². The molecule has 1 heterocycles. The van der Waals surface area contributed by atoms with E-state index in [2.05, 4.69) is 31.3 Å². The largest absolute Gasteiger partial charge is 0.464 e. The van der Waals surface area contributed by atoms with Crippen molar-refractivity contribution in [1.82, 2.24) is 5.32 Å². The minimum atomic E-state index is 0.386. The van der Waals surface area contributed by atoms with Crippen LogP contribution >= 0.6 is 0 Å². The lowest BCUT2D eigenvalue weighted by atomic mass is 10.1. The molecular weight excluding hydrogens is 186 g/mol. The van der Waals surface area contributed by atoms with Crippen LogP contribution in [0.1, 0.15) is 57.1 Å². The molecule has 1 N–H and O–H groups in total. The second-order valence-electron chi connectivity index (χ2n) is 3.99. The zero-order valence-electron chi connectivity index (χ0n) is 10.2. The Labute approximate surface area is 93.1 Å².